The van der Waals surface area contributed by atoms with Gasteiger partial charge in [0.2, 0.25) is 0 Å². The standard InChI is InChI=1S/C24H24N.C11H20O2.Ir/c1-16-11-17(2)13-20(12-16)23-22-4-3-21(14-19(22)7-10-25-23)24-8-5-18(15-24)6-9-24;1-8(2)5-10(12)7-11(13)6-9(3)4;/h3-4,7,10-12,14,18H,5-6,8-9,15H2,1-2H3;7-9,12H,5-6H2,1-4H3;/q-1;;/b;10-7-;. The minimum absolute atomic E-state index is 0. The van der Waals surface area contributed by atoms with Gasteiger partial charge in [0.1, 0.15) is 0 Å². The number of carbonyl (C=O) groups excluding carboxylic acids is 1. The Morgan fingerprint density at radius 3 is 2.33 bits per heavy atom. The van der Waals surface area contributed by atoms with E-state index in [9.17, 15) is 9.90 Å². The Labute approximate surface area is 248 Å². The number of allylic oxidation sites excluding steroid dienone is 2. The number of pyridine rings is 1. The molecular weight excluding hydrogens is 659 g/mol. The SMILES string of the molecule is CC(C)CC(=O)/C=C(\O)CC(C)C.Cc1[c-]c(-c2nccc3cc(C45CCC(CC4)C5)ccc23)cc(C)c1.[Ir]. The second-order valence-electron chi connectivity index (χ2n) is 12.6. The number of hydrogen-bond donors (Lipinski definition) is 1. The van der Waals surface area contributed by atoms with E-state index in [1.165, 1.54) is 60.1 Å². The molecule has 0 atom stereocenters. The zero-order valence-corrected chi connectivity index (χ0v) is 26.8. The first-order chi connectivity index (χ1) is 18.0. The van der Waals surface area contributed by atoms with E-state index in [0.29, 0.717) is 30.1 Å². The number of fused-ring (bicyclic) bond motifs is 3. The second kappa shape index (κ2) is 13.4. The van der Waals surface area contributed by atoms with E-state index in [2.05, 4.69) is 56.3 Å². The van der Waals surface area contributed by atoms with Crippen molar-refractivity contribution in [2.45, 2.75) is 91.9 Å². The molecule has 2 saturated carbocycles. The Bertz CT molecular complexity index is 1300. The third kappa shape index (κ3) is 7.89. The Morgan fingerprint density at radius 2 is 1.74 bits per heavy atom. The average Bonchev–Trinajstić information content (AvgIpc) is 3.45. The van der Waals surface area contributed by atoms with Crippen molar-refractivity contribution >= 4 is 16.6 Å². The summed E-state index contributed by atoms with van der Waals surface area (Å²) < 4.78 is 0. The van der Waals surface area contributed by atoms with Crippen LogP contribution in [-0.4, -0.2) is 15.9 Å². The van der Waals surface area contributed by atoms with Crippen molar-refractivity contribution in [3.8, 4) is 11.3 Å². The van der Waals surface area contributed by atoms with E-state index in [4.69, 9.17) is 4.98 Å². The van der Waals surface area contributed by atoms with Crippen LogP contribution in [0.1, 0.15) is 89.3 Å². The molecule has 2 bridgehead atoms. The molecule has 1 radical (unpaired) electrons. The van der Waals surface area contributed by atoms with Gasteiger partial charge in [0, 0.05) is 45.2 Å². The first-order valence-electron chi connectivity index (χ1n) is 14.4. The maximum absolute atomic E-state index is 11.2. The molecule has 0 unspecified atom stereocenters. The van der Waals surface area contributed by atoms with E-state index < -0.39 is 0 Å². The van der Waals surface area contributed by atoms with Gasteiger partial charge in [0.15, 0.2) is 5.78 Å². The summed E-state index contributed by atoms with van der Waals surface area (Å²) in [4.78, 5) is 15.9. The van der Waals surface area contributed by atoms with E-state index >= 15 is 0 Å². The molecule has 0 amide bonds. The summed E-state index contributed by atoms with van der Waals surface area (Å²) in [7, 11) is 0. The van der Waals surface area contributed by atoms with Crippen LogP contribution in [0.4, 0.5) is 0 Å². The minimum atomic E-state index is 0. The maximum atomic E-state index is 11.2. The predicted molar refractivity (Wildman–Crippen MR) is 158 cm³/mol. The van der Waals surface area contributed by atoms with Crippen LogP contribution in [0.15, 0.2) is 54.4 Å². The van der Waals surface area contributed by atoms with Crippen molar-refractivity contribution in [1.82, 2.24) is 4.98 Å². The molecule has 2 aliphatic carbocycles. The van der Waals surface area contributed by atoms with Crippen LogP contribution < -0.4 is 0 Å². The van der Waals surface area contributed by atoms with Gasteiger partial charge in [0.25, 0.3) is 0 Å². The molecule has 3 nitrogen and oxygen atoms in total. The van der Waals surface area contributed by atoms with Crippen LogP contribution in [-0.2, 0) is 30.3 Å². The van der Waals surface area contributed by atoms with E-state index in [-0.39, 0.29) is 31.6 Å². The smallest absolute Gasteiger partial charge is 0.159 e. The number of hydrogen-bond acceptors (Lipinski definition) is 3. The third-order valence-electron chi connectivity index (χ3n) is 8.08. The zero-order valence-electron chi connectivity index (χ0n) is 24.4. The van der Waals surface area contributed by atoms with Gasteiger partial charge < -0.3 is 10.1 Å². The third-order valence-corrected chi connectivity index (χ3v) is 8.08. The van der Waals surface area contributed by atoms with E-state index in [0.717, 1.165) is 17.2 Å². The molecule has 1 N–H and O–H groups in total. The van der Waals surface area contributed by atoms with Crippen LogP contribution in [0, 0.1) is 37.7 Å². The van der Waals surface area contributed by atoms with Crippen molar-refractivity contribution in [2.75, 3.05) is 0 Å². The molecule has 2 fully saturated rings. The van der Waals surface area contributed by atoms with Gasteiger partial charge in [-0.25, -0.2) is 0 Å². The number of aliphatic hydroxyl groups is 1. The summed E-state index contributed by atoms with van der Waals surface area (Å²) >= 11 is 0. The van der Waals surface area contributed by atoms with Crippen molar-refractivity contribution in [1.29, 1.82) is 0 Å². The first kappa shape index (κ1) is 31.2. The summed E-state index contributed by atoms with van der Waals surface area (Å²) in [6.07, 6.45) is 11.4. The molecule has 2 aromatic carbocycles. The Balaban J connectivity index is 0.000000260. The van der Waals surface area contributed by atoms with Crippen molar-refractivity contribution in [2.24, 2.45) is 17.8 Å². The van der Waals surface area contributed by atoms with Crippen LogP contribution in [0.3, 0.4) is 0 Å². The van der Waals surface area contributed by atoms with Crippen LogP contribution in [0.2, 0.25) is 0 Å². The molecule has 0 spiro atoms. The first-order valence-corrected chi connectivity index (χ1v) is 14.4. The fourth-order valence-electron chi connectivity index (χ4n) is 6.47. The molecule has 0 saturated heterocycles. The van der Waals surface area contributed by atoms with Crippen molar-refractivity contribution in [3.05, 3.63) is 77.2 Å². The monoisotopic (exact) mass is 703 g/mol. The number of aryl methyl sites for hydroxylation is 2. The number of aromatic nitrogens is 1. The molecular formula is C35H44IrNO2-. The Kier molecular flexibility index (Phi) is 10.7. The molecule has 211 valence electrons. The Morgan fingerprint density at radius 1 is 1.05 bits per heavy atom. The quantitative estimate of drug-likeness (QED) is 0.152. The average molecular weight is 703 g/mol. The fraction of sp³-hybridized carbons (Fsp3) is 0.486. The molecule has 1 aromatic heterocycles. The van der Waals surface area contributed by atoms with Gasteiger partial charge in [0.05, 0.1) is 5.76 Å². The summed E-state index contributed by atoms with van der Waals surface area (Å²) in [6.45, 7) is 12.3. The van der Waals surface area contributed by atoms with Crippen molar-refractivity contribution in [3.63, 3.8) is 0 Å². The molecule has 3 aromatic rings. The zero-order chi connectivity index (χ0) is 27.4. The van der Waals surface area contributed by atoms with Gasteiger partial charge in [-0.15, -0.1) is 34.9 Å². The molecule has 1 heterocycles. The van der Waals surface area contributed by atoms with Gasteiger partial charge in [-0.05, 0) is 83.4 Å². The van der Waals surface area contributed by atoms with Crippen LogP contribution in [0.25, 0.3) is 22.0 Å². The summed E-state index contributed by atoms with van der Waals surface area (Å²) in [6, 6.07) is 17.1. The fourth-order valence-corrected chi connectivity index (χ4v) is 6.47. The van der Waals surface area contributed by atoms with Gasteiger partial charge >= 0.3 is 0 Å². The molecule has 2 aliphatic rings. The largest absolute Gasteiger partial charge is 0.512 e. The maximum Gasteiger partial charge on any atom is 0.159 e. The van der Waals surface area contributed by atoms with Crippen molar-refractivity contribution < 1.29 is 30.0 Å². The summed E-state index contributed by atoms with van der Waals surface area (Å²) in [5, 5.41) is 11.9. The number of ketones is 1. The number of aliphatic hydroxyl groups excluding tert-OH is 1. The number of carbonyl (C=O) groups is 1. The van der Waals surface area contributed by atoms with Crippen LogP contribution >= 0.6 is 0 Å². The molecule has 5 rings (SSSR count). The number of nitrogens with zero attached hydrogens (tertiary/aromatic N) is 1. The number of benzene rings is 2. The van der Waals surface area contributed by atoms with E-state index in [1.54, 1.807) is 5.56 Å². The summed E-state index contributed by atoms with van der Waals surface area (Å²) in [5.74, 6) is 1.96. The normalized spacial score (nSPS) is 20.2. The minimum Gasteiger partial charge on any atom is -0.512 e. The molecule has 0 aliphatic heterocycles. The topological polar surface area (TPSA) is 50.2 Å². The summed E-state index contributed by atoms with van der Waals surface area (Å²) in [5.41, 5.74) is 6.63. The van der Waals surface area contributed by atoms with Gasteiger partial charge in [-0.3, -0.25) is 4.79 Å². The van der Waals surface area contributed by atoms with E-state index in [1.807, 2.05) is 33.9 Å². The molecule has 39 heavy (non-hydrogen) atoms. The van der Waals surface area contributed by atoms with Gasteiger partial charge in [-0.2, -0.15) is 0 Å². The molecule has 4 heteroatoms. The number of rotatable bonds is 7. The predicted octanol–water partition coefficient (Wildman–Crippen LogP) is 9.24. The van der Waals surface area contributed by atoms with Crippen LogP contribution in [0.5, 0.6) is 0 Å². The Hall–Kier alpha value is -2.29. The second-order valence-corrected chi connectivity index (χ2v) is 12.6. The van der Waals surface area contributed by atoms with Gasteiger partial charge in [-0.1, -0.05) is 59.7 Å².